The Balaban J connectivity index is 1.52. The van der Waals surface area contributed by atoms with E-state index in [0.717, 1.165) is 35.7 Å². The lowest BCUT2D eigenvalue weighted by Crippen LogP contribution is -2.45. The normalized spacial score (nSPS) is 26.1. The van der Waals surface area contributed by atoms with Crippen LogP contribution in [0.5, 0.6) is 0 Å². The first-order chi connectivity index (χ1) is 10.1. The molecule has 1 amide bonds. The minimum atomic E-state index is -0.583. The van der Waals surface area contributed by atoms with E-state index in [4.69, 9.17) is 16.9 Å². The first-order valence-electron chi connectivity index (χ1n) is 6.99. The summed E-state index contributed by atoms with van der Waals surface area (Å²) in [5.74, 6) is -0.0479. The van der Waals surface area contributed by atoms with Crippen LogP contribution in [0.4, 0.5) is 0 Å². The lowest BCUT2D eigenvalue weighted by molar-refractivity contribution is -0.123. The lowest BCUT2D eigenvalue weighted by atomic mass is 10.2. The molecule has 2 atom stereocenters. The molecule has 1 aromatic carbocycles. The maximum atomic E-state index is 12.2. The number of carbonyl (C=O) groups is 1. The molecular weight excluding hydrogens is 306 g/mol. The molecule has 0 aromatic heterocycles. The van der Waals surface area contributed by atoms with Crippen LogP contribution < -0.4 is 10.6 Å². The molecule has 0 spiro atoms. The molecule has 110 valence electrons. The summed E-state index contributed by atoms with van der Waals surface area (Å²) in [7, 11) is 0. The molecule has 0 radical (unpaired) electrons. The van der Waals surface area contributed by atoms with Gasteiger partial charge in [-0.1, -0.05) is 11.6 Å². The van der Waals surface area contributed by atoms with Gasteiger partial charge in [-0.05, 0) is 43.5 Å². The summed E-state index contributed by atoms with van der Waals surface area (Å²) in [6.07, 6.45) is 2.32. The van der Waals surface area contributed by atoms with E-state index in [1.807, 2.05) is 24.3 Å². The van der Waals surface area contributed by atoms with Gasteiger partial charge in [0.25, 0.3) is 0 Å². The number of hydrogen-bond acceptors (Lipinski definition) is 4. The van der Waals surface area contributed by atoms with Crippen molar-refractivity contribution in [1.29, 1.82) is 5.26 Å². The smallest absolute Gasteiger partial charge is 0.238 e. The number of carbonyl (C=O) groups excluding carboxylic acids is 1. The van der Waals surface area contributed by atoms with E-state index >= 15 is 0 Å². The summed E-state index contributed by atoms with van der Waals surface area (Å²) in [5.41, 5.74) is -0.583. The molecule has 1 saturated heterocycles. The van der Waals surface area contributed by atoms with Crippen LogP contribution in [0.25, 0.3) is 0 Å². The molecule has 1 saturated carbocycles. The standard InChI is InChI=1S/C15H16ClN3OS/c16-10-1-3-11(4-2-10)21-12-7-13(18-8-12)14(20)19-15(9-17)5-6-15/h1-4,12-13,18H,5-8H2,(H,19,20)/t12-,13+/m1/s1. The highest BCUT2D eigenvalue weighted by Gasteiger charge is 2.46. The summed E-state index contributed by atoms with van der Waals surface area (Å²) in [6, 6.07) is 9.73. The number of benzene rings is 1. The molecule has 21 heavy (non-hydrogen) atoms. The number of thioether (sulfide) groups is 1. The molecule has 1 aromatic rings. The van der Waals surface area contributed by atoms with Crippen LogP contribution in [0.1, 0.15) is 19.3 Å². The molecule has 2 fully saturated rings. The van der Waals surface area contributed by atoms with Crippen LogP contribution in [-0.2, 0) is 4.79 Å². The van der Waals surface area contributed by atoms with Crippen molar-refractivity contribution in [2.24, 2.45) is 0 Å². The van der Waals surface area contributed by atoms with Crippen molar-refractivity contribution in [2.75, 3.05) is 6.54 Å². The average Bonchev–Trinajstić information content (AvgIpc) is 3.10. The van der Waals surface area contributed by atoms with Gasteiger partial charge in [-0.25, -0.2) is 0 Å². The Morgan fingerprint density at radius 2 is 2.14 bits per heavy atom. The van der Waals surface area contributed by atoms with Crippen LogP contribution in [0, 0.1) is 11.3 Å². The van der Waals surface area contributed by atoms with Gasteiger partial charge in [0.15, 0.2) is 0 Å². The lowest BCUT2D eigenvalue weighted by Gasteiger charge is -2.14. The van der Waals surface area contributed by atoms with Gasteiger partial charge in [-0.3, -0.25) is 4.79 Å². The van der Waals surface area contributed by atoms with Crippen LogP contribution in [-0.4, -0.2) is 29.3 Å². The van der Waals surface area contributed by atoms with E-state index in [9.17, 15) is 4.79 Å². The molecule has 2 N–H and O–H groups in total. The van der Waals surface area contributed by atoms with Crippen molar-refractivity contribution < 1.29 is 4.79 Å². The number of halogens is 1. The van der Waals surface area contributed by atoms with Gasteiger partial charge >= 0.3 is 0 Å². The van der Waals surface area contributed by atoms with E-state index < -0.39 is 5.54 Å². The van der Waals surface area contributed by atoms with Crippen molar-refractivity contribution in [3.63, 3.8) is 0 Å². The van der Waals surface area contributed by atoms with Crippen molar-refractivity contribution in [1.82, 2.24) is 10.6 Å². The van der Waals surface area contributed by atoms with Crippen LogP contribution in [0.3, 0.4) is 0 Å². The summed E-state index contributed by atoms with van der Waals surface area (Å²) < 4.78 is 0. The van der Waals surface area contributed by atoms with Crippen molar-refractivity contribution in [2.45, 2.75) is 41.0 Å². The summed E-state index contributed by atoms with van der Waals surface area (Å²) >= 11 is 7.63. The molecule has 1 heterocycles. The van der Waals surface area contributed by atoms with Gasteiger partial charge < -0.3 is 10.6 Å². The summed E-state index contributed by atoms with van der Waals surface area (Å²) in [6.45, 7) is 0.797. The van der Waals surface area contributed by atoms with Crippen LogP contribution >= 0.6 is 23.4 Å². The van der Waals surface area contributed by atoms with Gasteiger partial charge in [0.05, 0.1) is 12.1 Å². The molecule has 0 bridgehead atoms. The Morgan fingerprint density at radius 1 is 1.43 bits per heavy atom. The molecular formula is C15H16ClN3OS. The number of rotatable bonds is 4. The molecule has 1 aliphatic carbocycles. The maximum Gasteiger partial charge on any atom is 0.238 e. The Hall–Kier alpha value is -1.22. The van der Waals surface area contributed by atoms with Crippen molar-refractivity contribution in [3.05, 3.63) is 29.3 Å². The zero-order valence-electron chi connectivity index (χ0n) is 11.4. The zero-order chi connectivity index (χ0) is 14.9. The van der Waals surface area contributed by atoms with Crippen molar-refractivity contribution in [3.8, 4) is 6.07 Å². The second-order valence-corrected chi connectivity index (χ2v) is 7.38. The maximum absolute atomic E-state index is 12.2. The predicted octanol–water partition coefficient (Wildman–Crippen LogP) is 2.33. The number of nitrogens with one attached hydrogen (secondary N) is 2. The highest BCUT2D eigenvalue weighted by molar-refractivity contribution is 8.00. The quantitative estimate of drug-likeness (QED) is 0.893. The number of amides is 1. The van der Waals surface area contributed by atoms with E-state index in [-0.39, 0.29) is 11.9 Å². The number of nitriles is 1. The molecule has 0 unspecified atom stereocenters. The second kappa shape index (κ2) is 5.88. The molecule has 3 rings (SSSR count). The minimum absolute atomic E-state index is 0.0479. The zero-order valence-corrected chi connectivity index (χ0v) is 13.0. The van der Waals surface area contributed by atoms with Gasteiger partial charge in [-0.15, -0.1) is 11.8 Å². The van der Waals surface area contributed by atoms with Gasteiger partial charge in [-0.2, -0.15) is 5.26 Å². The van der Waals surface area contributed by atoms with E-state index in [2.05, 4.69) is 16.7 Å². The Bertz CT molecular complexity index is 580. The molecule has 6 heteroatoms. The fourth-order valence-electron chi connectivity index (χ4n) is 2.41. The molecule has 2 aliphatic rings. The van der Waals surface area contributed by atoms with Crippen LogP contribution in [0.15, 0.2) is 29.2 Å². The number of hydrogen-bond donors (Lipinski definition) is 2. The second-order valence-electron chi connectivity index (χ2n) is 5.57. The van der Waals surface area contributed by atoms with Gasteiger partial charge in [0.2, 0.25) is 5.91 Å². The van der Waals surface area contributed by atoms with E-state index in [1.165, 1.54) is 0 Å². The Labute approximate surface area is 133 Å². The van der Waals surface area contributed by atoms with Crippen LogP contribution in [0.2, 0.25) is 5.02 Å². The first kappa shape index (κ1) is 14.7. The predicted molar refractivity (Wildman–Crippen MR) is 83.2 cm³/mol. The number of nitrogens with zero attached hydrogens (tertiary/aromatic N) is 1. The fourth-order valence-corrected chi connectivity index (χ4v) is 3.68. The third kappa shape index (κ3) is 3.52. The van der Waals surface area contributed by atoms with E-state index in [1.54, 1.807) is 11.8 Å². The van der Waals surface area contributed by atoms with Gasteiger partial charge in [0.1, 0.15) is 5.54 Å². The molecule has 4 nitrogen and oxygen atoms in total. The Kier molecular flexibility index (Phi) is 4.12. The van der Waals surface area contributed by atoms with E-state index in [0.29, 0.717) is 5.25 Å². The monoisotopic (exact) mass is 321 g/mol. The SMILES string of the molecule is N#CC1(NC(=O)[C@@H]2C[C@@H](Sc3ccc(Cl)cc3)CN2)CC1. The van der Waals surface area contributed by atoms with Crippen molar-refractivity contribution >= 4 is 29.3 Å². The largest absolute Gasteiger partial charge is 0.336 e. The third-order valence-electron chi connectivity index (χ3n) is 3.85. The Morgan fingerprint density at radius 3 is 2.76 bits per heavy atom. The first-order valence-corrected chi connectivity index (χ1v) is 8.25. The minimum Gasteiger partial charge on any atom is -0.336 e. The molecule has 1 aliphatic heterocycles. The summed E-state index contributed by atoms with van der Waals surface area (Å²) in [5, 5.41) is 16.2. The van der Waals surface area contributed by atoms with Gasteiger partial charge in [0, 0.05) is 21.7 Å². The summed E-state index contributed by atoms with van der Waals surface area (Å²) in [4.78, 5) is 13.3. The third-order valence-corrected chi connectivity index (χ3v) is 5.34. The highest BCUT2D eigenvalue weighted by Crippen LogP contribution is 2.35. The average molecular weight is 322 g/mol. The fraction of sp³-hybridized carbons (Fsp3) is 0.467. The highest BCUT2D eigenvalue weighted by atomic mass is 35.5. The topological polar surface area (TPSA) is 64.9 Å².